The van der Waals surface area contributed by atoms with Crippen LogP contribution < -0.4 is 10.1 Å². The summed E-state index contributed by atoms with van der Waals surface area (Å²) in [6.07, 6.45) is 7.57. The van der Waals surface area contributed by atoms with E-state index in [2.05, 4.69) is 26.1 Å². The molecule has 1 amide bonds. The largest absolute Gasteiger partial charge is 0.494 e. The fourth-order valence-electron chi connectivity index (χ4n) is 2.23. The van der Waals surface area contributed by atoms with Gasteiger partial charge < -0.3 is 10.1 Å². The molecular formula is C20H33NO2. The minimum Gasteiger partial charge on any atom is -0.494 e. The van der Waals surface area contributed by atoms with Crippen molar-refractivity contribution in [2.75, 3.05) is 6.61 Å². The normalized spacial score (nSPS) is 12.2. The van der Waals surface area contributed by atoms with Gasteiger partial charge in [0.25, 0.3) is 5.91 Å². The quantitative estimate of drug-likeness (QED) is 0.569. The zero-order valence-corrected chi connectivity index (χ0v) is 15.2. The van der Waals surface area contributed by atoms with Gasteiger partial charge in [0.1, 0.15) is 5.75 Å². The van der Waals surface area contributed by atoms with Crippen LogP contribution in [-0.4, -0.2) is 18.6 Å². The second-order valence-corrected chi connectivity index (χ2v) is 6.65. The Morgan fingerprint density at radius 1 is 1.00 bits per heavy atom. The topological polar surface area (TPSA) is 38.3 Å². The molecule has 0 bridgehead atoms. The van der Waals surface area contributed by atoms with Crippen molar-refractivity contribution in [2.24, 2.45) is 5.92 Å². The van der Waals surface area contributed by atoms with E-state index in [4.69, 9.17) is 4.74 Å². The van der Waals surface area contributed by atoms with Gasteiger partial charge in [0.05, 0.1) is 6.61 Å². The van der Waals surface area contributed by atoms with E-state index in [1.165, 1.54) is 32.1 Å². The molecule has 0 aliphatic rings. The second-order valence-electron chi connectivity index (χ2n) is 6.65. The van der Waals surface area contributed by atoms with E-state index in [9.17, 15) is 4.79 Å². The number of hydrogen-bond donors (Lipinski definition) is 1. The number of nitrogens with one attached hydrogen (secondary N) is 1. The molecule has 1 N–H and O–H groups in total. The van der Waals surface area contributed by atoms with Crippen LogP contribution in [0.5, 0.6) is 5.75 Å². The molecule has 0 saturated heterocycles. The summed E-state index contributed by atoms with van der Waals surface area (Å²) in [5.41, 5.74) is 0.685. The van der Waals surface area contributed by atoms with Crippen LogP contribution in [0.15, 0.2) is 24.3 Å². The Labute approximate surface area is 141 Å². The Morgan fingerprint density at radius 2 is 1.61 bits per heavy atom. The van der Waals surface area contributed by atoms with Crippen molar-refractivity contribution in [3.8, 4) is 5.75 Å². The first kappa shape index (κ1) is 19.5. The van der Waals surface area contributed by atoms with E-state index in [1.54, 1.807) is 0 Å². The zero-order valence-electron chi connectivity index (χ0n) is 15.2. The standard InChI is InChI=1S/C20H33NO2/c1-5-6-7-8-9-10-15-23-19-13-11-18(12-14-19)20(22)21-17(4)16(2)3/h11-14,16-17H,5-10,15H2,1-4H3,(H,21,22). The number of amides is 1. The predicted octanol–water partition coefficient (Wildman–Crippen LogP) is 5.20. The maximum Gasteiger partial charge on any atom is 0.251 e. The fourth-order valence-corrected chi connectivity index (χ4v) is 2.23. The Balaban J connectivity index is 2.29. The number of carbonyl (C=O) groups is 1. The van der Waals surface area contributed by atoms with E-state index in [-0.39, 0.29) is 11.9 Å². The summed E-state index contributed by atoms with van der Waals surface area (Å²) in [7, 11) is 0. The number of rotatable bonds is 11. The van der Waals surface area contributed by atoms with Crippen molar-refractivity contribution in [3.63, 3.8) is 0 Å². The van der Waals surface area contributed by atoms with E-state index < -0.39 is 0 Å². The molecule has 0 aliphatic heterocycles. The van der Waals surface area contributed by atoms with Crippen molar-refractivity contribution in [1.29, 1.82) is 0 Å². The van der Waals surface area contributed by atoms with Gasteiger partial charge in [-0.15, -0.1) is 0 Å². The summed E-state index contributed by atoms with van der Waals surface area (Å²) >= 11 is 0. The molecule has 1 aromatic rings. The van der Waals surface area contributed by atoms with Gasteiger partial charge in [0, 0.05) is 11.6 Å². The Morgan fingerprint density at radius 3 is 2.22 bits per heavy atom. The van der Waals surface area contributed by atoms with Gasteiger partial charge in [-0.25, -0.2) is 0 Å². The van der Waals surface area contributed by atoms with Gasteiger partial charge in [-0.05, 0) is 43.5 Å². The molecule has 1 unspecified atom stereocenters. The number of benzene rings is 1. The molecule has 0 radical (unpaired) electrons. The summed E-state index contributed by atoms with van der Waals surface area (Å²) in [4.78, 5) is 12.1. The molecular weight excluding hydrogens is 286 g/mol. The van der Waals surface area contributed by atoms with Crippen LogP contribution in [0, 0.1) is 5.92 Å². The lowest BCUT2D eigenvalue weighted by Crippen LogP contribution is -2.36. The molecule has 1 rings (SSSR count). The van der Waals surface area contributed by atoms with E-state index in [1.807, 2.05) is 31.2 Å². The molecule has 0 fully saturated rings. The summed E-state index contributed by atoms with van der Waals surface area (Å²) in [6, 6.07) is 7.60. The monoisotopic (exact) mass is 319 g/mol. The summed E-state index contributed by atoms with van der Waals surface area (Å²) in [5.74, 6) is 1.25. The van der Waals surface area contributed by atoms with Gasteiger partial charge in [0.15, 0.2) is 0 Å². The third kappa shape index (κ3) is 8.06. The lowest BCUT2D eigenvalue weighted by molar-refractivity contribution is 0.0930. The highest BCUT2D eigenvalue weighted by Gasteiger charge is 2.12. The number of unbranched alkanes of at least 4 members (excludes halogenated alkanes) is 5. The molecule has 0 heterocycles. The molecule has 0 aromatic heterocycles. The molecule has 0 saturated carbocycles. The van der Waals surface area contributed by atoms with Crippen LogP contribution in [0.4, 0.5) is 0 Å². The van der Waals surface area contributed by atoms with Crippen molar-refractivity contribution in [3.05, 3.63) is 29.8 Å². The van der Waals surface area contributed by atoms with Crippen molar-refractivity contribution < 1.29 is 9.53 Å². The van der Waals surface area contributed by atoms with Gasteiger partial charge in [-0.1, -0.05) is 52.9 Å². The van der Waals surface area contributed by atoms with Gasteiger partial charge in [-0.2, -0.15) is 0 Å². The molecule has 1 aromatic carbocycles. The molecule has 0 spiro atoms. The van der Waals surface area contributed by atoms with Crippen LogP contribution in [0.25, 0.3) is 0 Å². The minimum atomic E-state index is -0.0197. The summed E-state index contributed by atoms with van der Waals surface area (Å²) < 4.78 is 5.73. The highest BCUT2D eigenvalue weighted by Crippen LogP contribution is 2.14. The first-order valence-corrected chi connectivity index (χ1v) is 9.08. The lowest BCUT2D eigenvalue weighted by atomic mass is 10.1. The minimum absolute atomic E-state index is 0.0197. The number of ether oxygens (including phenoxy) is 1. The molecule has 3 heteroatoms. The first-order valence-electron chi connectivity index (χ1n) is 9.08. The van der Waals surface area contributed by atoms with Crippen LogP contribution in [0.3, 0.4) is 0 Å². The van der Waals surface area contributed by atoms with Crippen molar-refractivity contribution >= 4 is 5.91 Å². The fraction of sp³-hybridized carbons (Fsp3) is 0.650. The van der Waals surface area contributed by atoms with Crippen molar-refractivity contribution in [2.45, 2.75) is 72.3 Å². The summed E-state index contributed by atoms with van der Waals surface area (Å²) in [6.45, 7) is 9.22. The second kappa shape index (κ2) is 11.1. The highest BCUT2D eigenvalue weighted by atomic mass is 16.5. The van der Waals surface area contributed by atoms with Crippen molar-refractivity contribution in [1.82, 2.24) is 5.32 Å². The van der Waals surface area contributed by atoms with Crippen LogP contribution >= 0.6 is 0 Å². The molecule has 0 aliphatic carbocycles. The smallest absolute Gasteiger partial charge is 0.251 e. The first-order chi connectivity index (χ1) is 11.0. The molecule has 3 nitrogen and oxygen atoms in total. The third-order valence-corrected chi connectivity index (χ3v) is 4.24. The van der Waals surface area contributed by atoms with E-state index in [0.29, 0.717) is 11.5 Å². The molecule has 23 heavy (non-hydrogen) atoms. The van der Waals surface area contributed by atoms with E-state index in [0.717, 1.165) is 18.8 Å². The average molecular weight is 319 g/mol. The Kier molecular flexibility index (Phi) is 9.42. The zero-order chi connectivity index (χ0) is 17.1. The SMILES string of the molecule is CCCCCCCCOc1ccc(C(=O)NC(C)C(C)C)cc1. The maximum atomic E-state index is 12.1. The Bertz CT molecular complexity index is 439. The highest BCUT2D eigenvalue weighted by molar-refractivity contribution is 5.94. The van der Waals surface area contributed by atoms with Crippen LogP contribution in [0.1, 0.15) is 76.6 Å². The Hall–Kier alpha value is -1.51. The van der Waals surface area contributed by atoms with Gasteiger partial charge >= 0.3 is 0 Å². The van der Waals surface area contributed by atoms with Crippen LogP contribution in [-0.2, 0) is 0 Å². The molecule has 130 valence electrons. The molecule has 1 atom stereocenters. The van der Waals surface area contributed by atoms with E-state index >= 15 is 0 Å². The number of hydrogen-bond acceptors (Lipinski definition) is 2. The summed E-state index contributed by atoms with van der Waals surface area (Å²) in [5, 5.41) is 3.01. The van der Waals surface area contributed by atoms with Crippen LogP contribution in [0.2, 0.25) is 0 Å². The third-order valence-electron chi connectivity index (χ3n) is 4.24. The number of carbonyl (C=O) groups excluding carboxylic acids is 1. The predicted molar refractivity (Wildman–Crippen MR) is 97.1 cm³/mol. The average Bonchev–Trinajstić information content (AvgIpc) is 2.54. The lowest BCUT2D eigenvalue weighted by Gasteiger charge is -2.17. The maximum absolute atomic E-state index is 12.1. The van der Waals surface area contributed by atoms with Gasteiger partial charge in [-0.3, -0.25) is 4.79 Å². The van der Waals surface area contributed by atoms with Gasteiger partial charge in [0.2, 0.25) is 0 Å².